The van der Waals surface area contributed by atoms with Gasteiger partial charge in [0.2, 0.25) is 10.0 Å². The van der Waals surface area contributed by atoms with Gasteiger partial charge in [0.1, 0.15) is 0 Å². The molecular weight excluding hydrogens is 370 g/mol. The van der Waals surface area contributed by atoms with Gasteiger partial charge in [-0.15, -0.1) is 0 Å². The average Bonchev–Trinajstić information content (AvgIpc) is 2.67. The largest absolute Gasteiger partial charge is 0.382 e. The summed E-state index contributed by atoms with van der Waals surface area (Å²) in [5.41, 5.74) is 4.64. The van der Waals surface area contributed by atoms with Crippen molar-refractivity contribution in [1.82, 2.24) is 9.29 Å². The van der Waals surface area contributed by atoms with Crippen molar-refractivity contribution >= 4 is 26.5 Å². The summed E-state index contributed by atoms with van der Waals surface area (Å²) in [5, 5.41) is 5.89. The average molecular weight is 396 g/mol. The van der Waals surface area contributed by atoms with Gasteiger partial charge >= 0.3 is 0 Å². The van der Waals surface area contributed by atoms with E-state index in [9.17, 15) is 8.42 Å². The van der Waals surface area contributed by atoms with Gasteiger partial charge in [0.05, 0.1) is 6.26 Å². The molecule has 1 aliphatic rings. The summed E-state index contributed by atoms with van der Waals surface area (Å²) in [6.45, 7) is 3.22. The summed E-state index contributed by atoms with van der Waals surface area (Å²) >= 11 is 0. The van der Waals surface area contributed by atoms with Crippen LogP contribution in [0.3, 0.4) is 0 Å². The van der Waals surface area contributed by atoms with Gasteiger partial charge in [-0.05, 0) is 54.5 Å². The van der Waals surface area contributed by atoms with E-state index in [-0.39, 0.29) is 6.04 Å². The van der Waals surface area contributed by atoms with E-state index in [0.717, 1.165) is 29.3 Å². The van der Waals surface area contributed by atoms with Crippen LogP contribution in [0.25, 0.3) is 21.9 Å². The number of pyridine rings is 1. The lowest BCUT2D eigenvalue weighted by atomic mass is 9.98. The predicted molar refractivity (Wildman–Crippen MR) is 115 cm³/mol. The molecule has 4 rings (SSSR count). The molecule has 28 heavy (non-hydrogen) atoms. The Morgan fingerprint density at radius 2 is 1.86 bits per heavy atom. The van der Waals surface area contributed by atoms with E-state index < -0.39 is 10.0 Å². The van der Waals surface area contributed by atoms with Crippen molar-refractivity contribution in [2.45, 2.75) is 25.8 Å². The quantitative estimate of drug-likeness (QED) is 0.724. The van der Waals surface area contributed by atoms with Crippen LogP contribution in [0.1, 0.15) is 18.4 Å². The fourth-order valence-corrected chi connectivity index (χ4v) is 4.74. The molecule has 3 aromatic rings. The number of sulfonamides is 1. The van der Waals surface area contributed by atoms with Crippen LogP contribution in [-0.2, 0) is 10.0 Å². The minimum atomic E-state index is -3.11. The summed E-state index contributed by atoms with van der Waals surface area (Å²) in [5.74, 6) is 0. The number of hydrogen-bond donors (Lipinski definition) is 1. The second-order valence-electron chi connectivity index (χ2n) is 7.57. The van der Waals surface area contributed by atoms with Crippen molar-refractivity contribution in [3.63, 3.8) is 0 Å². The number of benzene rings is 2. The Balaban J connectivity index is 1.65. The third-order valence-corrected chi connectivity index (χ3v) is 6.69. The number of anilines is 1. The SMILES string of the molecule is Cc1cccc(-c2cc(NC3CCN(S(C)(=O)=O)CC3)c3cnccc3c2)c1. The Hall–Kier alpha value is -2.44. The summed E-state index contributed by atoms with van der Waals surface area (Å²) in [6.07, 6.45) is 6.58. The Kier molecular flexibility index (Phi) is 5.08. The lowest BCUT2D eigenvalue weighted by molar-refractivity contribution is 0.332. The second-order valence-corrected chi connectivity index (χ2v) is 9.55. The third-order valence-electron chi connectivity index (χ3n) is 5.39. The molecule has 0 radical (unpaired) electrons. The van der Waals surface area contributed by atoms with Gasteiger partial charge < -0.3 is 5.32 Å². The highest BCUT2D eigenvalue weighted by atomic mass is 32.2. The molecule has 5 nitrogen and oxygen atoms in total. The highest BCUT2D eigenvalue weighted by molar-refractivity contribution is 7.88. The van der Waals surface area contributed by atoms with Gasteiger partial charge in [-0.1, -0.05) is 29.8 Å². The first-order valence-corrected chi connectivity index (χ1v) is 11.4. The number of nitrogens with one attached hydrogen (secondary N) is 1. The molecule has 0 spiro atoms. The maximum absolute atomic E-state index is 11.8. The van der Waals surface area contributed by atoms with Crippen molar-refractivity contribution in [1.29, 1.82) is 0 Å². The molecular formula is C22H25N3O2S. The van der Waals surface area contributed by atoms with Crippen LogP contribution in [0.5, 0.6) is 0 Å². The zero-order valence-corrected chi connectivity index (χ0v) is 17.0. The fourth-order valence-electron chi connectivity index (χ4n) is 3.86. The second kappa shape index (κ2) is 7.53. The molecule has 1 fully saturated rings. The zero-order valence-electron chi connectivity index (χ0n) is 16.2. The van der Waals surface area contributed by atoms with Crippen LogP contribution in [0.15, 0.2) is 54.9 Å². The molecule has 0 atom stereocenters. The van der Waals surface area contributed by atoms with Gasteiger partial charge in [-0.3, -0.25) is 4.98 Å². The van der Waals surface area contributed by atoms with Crippen molar-refractivity contribution < 1.29 is 8.42 Å². The molecule has 1 aromatic heterocycles. The minimum absolute atomic E-state index is 0.245. The normalized spacial score (nSPS) is 16.4. The number of nitrogens with zero attached hydrogens (tertiary/aromatic N) is 2. The van der Waals surface area contributed by atoms with Crippen molar-refractivity contribution in [3.8, 4) is 11.1 Å². The first-order chi connectivity index (χ1) is 13.4. The van der Waals surface area contributed by atoms with Crippen molar-refractivity contribution in [3.05, 3.63) is 60.4 Å². The molecule has 0 bridgehead atoms. The molecule has 6 heteroatoms. The van der Waals surface area contributed by atoms with Gasteiger partial charge in [0.15, 0.2) is 0 Å². The van der Waals surface area contributed by atoms with Gasteiger partial charge in [0.25, 0.3) is 0 Å². The zero-order chi connectivity index (χ0) is 19.7. The maximum atomic E-state index is 11.8. The standard InChI is InChI=1S/C22H25N3O2S/c1-16-4-3-5-17(12-16)19-13-18-6-9-23-15-21(18)22(14-19)24-20-7-10-25(11-8-20)28(2,26)27/h3-6,9,12-15,20,24H,7-8,10-11H2,1-2H3. The first kappa shape index (κ1) is 18.9. The predicted octanol–water partition coefficient (Wildman–Crippen LogP) is 4.05. The summed E-state index contributed by atoms with van der Waals surface area (Å²) in [6, 6.07) is 15.2. The van der Waals surface area contributed by atoms with E-state index in [1.54, 1.807) is 4.31 Å². The number of fused-ring (bicyclic) bond motifs is 1. The first-order valence-electron chi connectivity index (χ1n) is 9.56. The summed E-state index contributed by atoms with van der Waals surface area (Å²) in [4.78, 5) is 4.30. The van der Waals surface area contributed by atoms with E-state index >= 15 is 0 Å². The number of aryl methyl sites for hydroxylation is 1. The molecule has 1 saturated heterocycles. The van der Waals surface area contributed by atoms with Crippen LogP contribution in [-0.4, -0.2) is 43.1 Å². The topological polar surface area (TPSA) is 62.3 Å². The summed E-state index contributed by atoms with van der Waals surface area (Å²) in [7, 11) is -3.11. The molecule has 1 N–H and O–H groups in total. The van der Waals surface area contributed by atoms with Crippen LogP contribution < -0.4 is 5.32 Å². The van der Waals surface area contributed by atoms with Crippen molar-refractivity contribution in [2.75, 3.05) is 24.7 Å². The van der Waals surface area contributed by atoms with Gasteiger partial charge in [-0.25, -0.2) is 12.7 Å². The van der Waals surface area contributed by atoms with E-state index in [1.165, 1.54) is 22.9 Å². The van der Waals surface area contributed by atoms with Crippen LogP contribution in [0, 0.1) is 6.92 Å². The van der Waals surface area contributed by atoms with E-state index in [4.69, 9.17) is 0 Å². The fraction of sp³-hybridized carbons (Fsp3) is 0.318. The lowest BCUT2D eigenvalue weighted by Gasteiger charge is -2.31. The molecule has 2 heterocycles. The lowest BCUT2D eigenvalue weighted by Crippen LogP contribution is -2.41. The van der Waals surface area contributed by atoms with Gasteiger partial charge in [0, 0.05) is 42.6 Å². The smallest absolute Gasteiger partial charge is 0.211 e. The summed E-state index contributed by atoms with van der Waals surface area (Å²) < 4.78 is 25.1. The Bertz CT molecular complexity index is 1100. The molecule has 0 unspecified atom stereocenters. The van der Waals surface area contributed by atoms with Crippen LogP contribution in [0.2, 0.25) is 0 Å². The number of hydrogen-bond acceptors (Lipinski definition) is 4. The molecule has 2 aromatic carbocycles. The number of aromatic nitrogens is 1. The molecule has 0 saturated carbocycles. The third kappa shape index (κ3) is 4.03. The Labute approximate surface area is 166 Å². The van der Waals surface area contributed by atoms with Gasteiger partial charge in [-0.2, -0.15) is 0 Å². The Morgan fingerprint density at radius 3 is 2.57 bits per heavy atom. The number of rotatable bonds is 4. The van der Waals surface area contributed by atoms with E-state index in [0.29, 0.717) is 13.1 Å². The van der Waals surface area contributed by atoms with Crippen LogP contribution in [0.4, 0.5) is 5.69 Å². The highest BCUT2D eigenvalue weighted by Crippen LogP contribution is 2.32. The van der Waals surface area contributed by atoms with E-state index in [2.05, 4.69) is 53.6 Å². The van der Waals surface area contributed by atoms with Crippen LogP contribution >= 0.6 is 0 Å². The minimum Gasteiger partial charge on any atom is -0.382 e. The molecule has 146 valence electrons. The van der Waals surface area contributed by atoms with E-state index in [1.807, 2.05) is 18.5 Å². The molecule has 0 amide bonds. The monoisotopic (exact) mass is 395 g/mol. The maximum Gasteiger partial charge on any atom is 0.211 e. The Morgan fingerprint density at radius 1 is 1.07 bits per heavy atom. The molecule has 1 aliphatic heterocycles. The number of piperidine rings is 1. The highest BCUT2D eigenvalue weighted by Gasteiger charge is 2.25. The van der Waals surface area contributed by atoms with Crippen molar-refractivity contribution in [2.24, 2.45) is 0 Å². The molecule has 0 aliphatic carbocycles.